The third kappa shape index (κ3) is 6.83. The van der Waals surface area contributed by atoms with E-state index in [0.717, 1.165) is 48.9 Å². The first-order valence-corrected chi connectivity index (χ1v) is 11.4. The number of amides is 1. The van der Waals surface area contributed by atoms with Crippen molar-refractivity contribution in [2.24, 2.45) is 0 Å². The second-order valence-electron chi connectivity index (χ2n) is 7.92. The molecule has 1 unspecified atom stereocenters. The van der Waals surface area contributed by atoms with Gasteiger partial charge in [0.25, 0.3) is 0 Å². The highest BCUT2D eigenvalue weighted by atomic mass is 16.6. The van der Waals surface area contributed by atoms with Crippen molar-refractivity contribution in [3.63, 3.8) is 0 Å². The molecule has 0 fully saturated rings. The standard InChI is InChI=1S/C26H32N2O5/c1-4-6-7-9-23(30)27-22-10-14-28(15-11-22)13-8-16-31-26-24-21(12-17-32-24)18-20(5-2)25(26)33-19(3)29/h5,10-12,14-15,17-19,29H,2,4,6-9,13,16H2,1,3H3/p+1. The number of nitrogens with zero attached hydrogens (tertiary/aromatic N) is 1. The number of rotatable bonds is 13. The number of carbonyl (C=O) groups is 1. The quantitative estimate of drug-likeness (QED) is 0.214. The lowest BCUT2D eigenvalue weighted by molar-refractivity contribution is -0.697. The molecule has 0 saturated carbocycles. The minimum absolute atomic E-state index is 0.0517. The second-order valence-corrected chi connectivity index (χ2v) is 7.92. The molecule has 0 aliphatic carbocycles. The molecule has 3 aromatic rings. The Bertz CT molecular complexity index is 1060. The Kier molecular flexibility index (Phi) is 8.89. The molecule has 0 saturated heterocycles. The topological polar surface area (TPSA) is 84.8 Å². The van der Waals surface area contributed by atoms with E-state index < -0.39 is 6.29 Å². The van der Waals surface area contributed by atoms with E-state index in [4.69, 9.17) is 13.9 Å². The lowest BCUT2D eigenvalue weighted by Gasteiger charge is -2.17. The maximum Gasteiger partial charge on any atom is 0.224 e. The molecule has 33 heavy (non-hydrogen) atoms. The molecule has 0 spiro atoms. The fourth-order valence-electron chi connectivity index (χ4n) is 3.53. The Morgan fingerprint density at radius 2 is 2.03 bits per heavy atom. The summed E-state index contributed by atoms with van der Waals surface area (Å²) in [6.07, 6.45) is 10.5. The lowest BCUT2D eigenvalue weighted by Crippen LogP contribution is -2.33. The number of aryl methyl sites for hydroxylation is 1. The Hall–Kier alpha value is -3.32. The number of furan rings is 1. The minimum Gasteiger partial charge on any atom is -0.486 e. The summed E-state index contributed by atoms with van der Waals surface area (Å²) < 4.78 is 19.3. The number of carbonyl (C=O) groups excluding carboxylic acids is 1. The Morgan fingerprint density at radius 1 is 1.24 bits per heavy atom. The van der Waals surface area contributed by atoms with E-state index in [-0.39, 0.29) is 5.91 Å². The Morgan fingerprint density at radius 3 is 2.73 bits per heavy atom. The van der Waals surface area contributed by atoms with Gasteiger partial charge in [0.2, 0.25) is 11.7 Å². The SMILES string of the molecule is C=Cc1cc2ccoc2c(OCCC[n+]2ccc(NC(=O)CCCCC)cc2)c1OC(C)O. The zero-order valence-electron chi connectivity index (χ0n) is 19.4. The van der Waals surface area contributed by atoms with Gasteiger partial charge in [0.15, 0.2) is 36.6 Å². The number of nitrogens with one attached hydrogen (secondary N) is 1. The lowest BCUT2D eigenvalue weighted by atomic mass is 10.1. The van der Waals surface area contributed by atoms with Crippen molar-refractivity contribution in [3.8, 4) is 11.5 Å². The normalized spacial score (nSPS) is 11.8. The molecule has 2 heterocycles. The van der Waals surface area contributed by atoms with Crippen molar-refractivity contribution in [1.29, 1.82) is 0 Å². The number of benzene rings is 1. The summed E-state index contributed by atoms with van der Waals surface area (Å²) in [7, 11) is 0. The molecule has 176 valence electrons. The maximum atomic E-state index is 12.0. The second kappa shape index (κ2) is 12.1. The summed E-state index contributed by atoms with van der Waals surface area (Å²) in [4.78, 5) is 12.0. The van der Waals surface area contributed by atoms with Crippen molar-refractivity contribution in [2.45, 2.75) is 58.8 Å². The number of hydrogen-bond donors (Lipinski definition) is 2. The Labute approximate surface area is 194 Å². The highest BCUT2D eigenvalue weighted by molar-refractivity contribution is 5.90. The number of hydrogen-bond acceptors (Lipinski definition) is 5. The molecule has 7 nitrogen and oxygen atoms in total. The van der Waals surface area contributed by atoms with Crippen LogP contribution in [0.3, 0.4) is 0 Å². The summed E-state index contributed by atoms with van der Waals surface area (Å²) in [5, 5.41) is 13.6. The number of unbranched alkanes of at least 4 members (excludes halogenated alkanes) is 2. The van der Waals surface area contributed by atoms with Crippen LogP contribution in [-0.2, 0) is 11.3 Å². The van der Waals surface area contributed by atoms with Gasteiger partial charge in [-0.2, -0.15) is 0 Å². The van der Waals surface area contributed by atoms with Crippen LogP contribution in [0.4, 0.5) is 5.69 Å². The molecule has 1 aromatic carbocycles. The number of aliphatic hydroxyl groups excluding tert-OH is 1. The molecule has 0 aliphatic rings. The first-order chi connectivity index (χ1) is 16.0. The summed E-state index contributed by atoms with van der Waals surface area (Å²) in [6.45, 7) is 8.66. The van der Waals surface area contributed by atoms with Crippen LogP contribution in [-0.4, -0.2) is 23.9 Å². The maximum absolute atomic E-state index is 12.0. The van der Waals surface area contributed by atoms with Gasteiger partial charge in [0, 0.05) is 35.9 Å². The van der Waals surface area contributed by atoms with E-state index in [1.165, 1.54) is 6.92 Å². The van der Waals surface area contributed by atoms with Crippen LogP contribution in [0.2, 0.25) is 0 Å². The summed E-state index contributed by atoms with van der Waals surface area (Å²) in [5.41, 5.74) is 2.09. The average molecular weight is 454 g/mol. The number of anilines is 1. The number of fused-ring (bicyclic) bond motifs is 1. The van der Waals surface area contributed by atoms with Crippen molar-refractivity contribution in [2.75, 3.05) is 11.9 Å². The van der Waals surface area contributed by atoms with E-state index in [1.54, 1.807) is 12.3 Å². The van der Waals surface area contributed by atoms with Gasteiger partial charge < -0.3 is 24.3 Å². The molecule has 2 aromatic heterocycles. The third-order valence-electron chi connectivity index (χ3n) is 5.18. The first kappa shape index (κ1) is 24.3. The zero-order chi connectivity index (χ0) is 23.6. The average Bonchev–Trinajstić information content (AvgIpc) is 3.26. The van der Waals surface area contributed by atoms with Gasteiger partial charge in [-0.3, -0.25) is 4.79 Å². The van der Waals surface area contributed by atoms with Gasteiger partial charge in [0.1, 0.15) is 0 Å². The van der Waals surface area contributed by atoms with Gasteiger partial charge >= 0.3 is 0 Å². The van der Waals surface area contributed by atoms with Crippen molar-refractivity contribution in [3.05, 3.63) is 55.1 Å². The number of aromatic nitrogens is 1. The largest absolute Gasteiger partial charge is 0.486 e. The third-order valence-corrected chi connectivity index (χ3v) is 5.18. The van der Waals surface area contributed by atoms with E-state index >= 15 is 0 Å². The molecule has 0 aliphatic heterocycles. The number of aliphatic hydroxyl groups is 1. The van der Waals surface area contributed by atoms with Gasteiger partial charge in [-0.05, 0) is 25.5 Å². The predicted octanol–water partition coefficient (Wildman–Crippen LogP) is 5.07. The van der Waals surface area contributed by atoms with Crippen LogP contribution in [0.15, 0.2) is 53.9 Å². The fourth-order valence-corrected chi connectivity index (χ4v) is 3.53. The molecule has 7 heteroatoms. The highest BCUT2D eigenvalue weighted by Gasteiger charge is 2.19. The van der Waals surface area contributed by atoms with Crippen molar-refractivity contribution < 1.29 is 28.4 Å². The summed E-state index contributed by atoms with van der Waals surface area (Å²) in [6, 6.07) is 7.53. The highest BCUT2D eigenvalue weighted by Crippen LogP contribution is 2.40. The van der Waals surface area contributed by atoms with Gasteiger partial charge in [0.05, 0.1) is 18.6 Å². The van der Waals surface area contributed by atoms with E-state index in [0.29, 0.717) is 30.1 Å². The number of pyridine rings is 1. The van der Waals surface area contributed by atoms with Crippen LogP contribution >= 0.6 is 0 Å². The minimum atomic E-state index is -1.00. The van der Waals surface area contributed by atoms with E-state index in [1.807, 2.05) is 41.2 Å². The molecular formula is C26H33N2O5+. The Balaban J connectivity index is 1.57. The van der Waals surface area contributed by atoms with Gasteiger partial charge in [-0.15, -0.1) is 0 Å². The monoisotopic (exact) mass is 453 g/mol. The summed E-state index contributed by atoms with van der Waals surface area (Å²) >= 11 is 0. The zero-order valence-corrected chi connectivity index (χ0v) is 19.4. The molecule has 0 bridgehead atoms. The van der Waals surface area contributed by atoms with Crippen LogP contribution < -0.4 is 19.4 Å². The van der Waals surface area contributed by atoms with Crippen LogP contribution in [0.1, 0.15) is 51.5 Å². The fraction of sp³-hybridized carbons (Fsp3) is 0.385. The predicted molar refractivity (Wildman–Crippen MR) is 128 cm³/mol. The molecule has 1 atom stereocenters. The molecular weight excluding hydrogens is 420 g/mol. The van der Waals surface area contributed by atoms with Crippen LogP contribution in [0, 0.1) is 0 Å². The first-order valence-electron chi connectivity index (χ1n) is 11.4. The van der Waals surface area contributed by atoms with E-state index in [2.05, 4.69) is 18.8 Å². The molecule has 2 N–H and O–H groups in total. The molecule has 0 radical (unpaired) electrons. The van der Waals surface area contributed by atoms with Crippen LogP contribution in [0.25, 0.3) is 17.0 Å². The van der Waals surface area contributed by atoms with Crippen molar-refractivity contribution >= 4 is 28.6 Å². The van der Waals surface area contributed by atoms with E-state index in [9.17, 15) is 9.90 Å². The summed E-state index contributed by atoms with van der Waals surface area (Å²) in [5.74, 6) is 0.921. The molecule has 3 rings (SSSR count). The number of ether oxygens (including phenoxy) is 2. The molecule has 1 amide bonds. The van der Waals surface area contributed by atoms with Crippen LogP contribution in [0.5, 0.6) is 11.5 Å². The smallest absolute Gasteiger partial charge is 0.224 e. The van der Waals surface area contributed by atoms with Crippen molar-refractivity contribution in [1.82, 2.24) is 0 Å². The van der Waals surface area contributed by atoms with Gasteiger partial charge in [-0.25, -0.2) is 4.57 Å². The van der Waals surface area contributed by atoms with Gasteiger partial charge in [-0.1, -0.05) is 32.4 Å².